The number of benzene rings is 2. The van der Waals surface area contributed by atoms with Gasteiger partial charge in [-0.25, -0.2) is 13.1 Å². The number of aromatic nitrogens is 1. The molecule has 0 radical (unpaired) electrons. The molecule has 30 heavy (non-hydrogen) atoms. The first-order chi connectivity index (χ1) is 14.3. The van der Waals surface area contributed by atoms with E-state index < -0.39 is 10.0 Å². The normalized spacial score (nSPS) is 11.1. The number of rotatable bonds is 7. The van der Waals surface area contributed by atoms with Gasteiger partial charge in [-0.2, -0.15) is 0 Å². The zero-order valence-corrected chi connectivity index (χ0v) is 20.4. The first-order valence-corrected chi connectivity index (χ1v) is 12.3. The second kappa shape index (κ2) is 10.5. The Hall–Kier alpha value is -1.85. The highest BCUT2D eigenvalue weighted by atomic mass is 79.9. The maximum Gasteiger partial charge on any atom is 0.240 e. The lowest BCUT2D eigenvalue weighted by molar-refractivity contribution is 0.581. The van der Waals surface area contributed by atoms with Gasteiger partial charge in [0.25, 0.3) is 0 Å². The summed E-state index contributed by atoms with van der Waals surface area (Å²) < 4.78 is 29.5. The van der Waals surface area contributed by atoms with Crippen LogP contribution in [-0.4, -0.2) is 18.5 Å². The Balaban J connectivity index is 1.57. The summed E-state index contributed by atoms with van der Waals surface area (Å²) in [5.41, 5.74) is 2.58. The standard InChI is InChI=1S/C20H18Br2N4O2S2/c21-16-1-6-19(22)15(11-16)13-25-30(27,28)18-4-2-17(3-5-18)26-20(29)24-12-14-7-9-23-10-8-14/h1-11,25H,12-13H2,(H2,24,26,29). The molecule has 10 heteroatoms. The lowest BCUT2D eigenvalue weighted by Gasteiger charge is -2.12. The molecule has 0 aliphatic heterocycles. The molecule has 0 unspecified atom stereocenters. The first kappa shape index (κ1) is 22.8. The molecule has 1 aromatic heterocycles. The van der Waals surface area contributed by atoms with Crippen molar-refractivity contribution in [3.63, 3.8) is 0 Å². The number of nitrogens with one attached hydrogen (secondary N) is 3. The zero-order valence-electron chi connectivity index (χ0n) is 15.6. The quantitative estimate of drug-likeness (QED) is 0.361. The van der Waals surface area contributed by atoms with Crippen molar-refractivity contribution in [2.75, 3.05) is 5.32 Å². The van der Waals surface area contributed by atoms with E-state index in [1.165, 1.54) is 12.1 Å². The second-order valence-electron chi connectivity index (χ2n) is 6.25. The Morgan fingerprint density at radius 3 is 2.37 bits per heavy atom. The molecule has 0 bridgehead atoms. The Kier molecular flexibility index (Phi) is 7.95. The number of pyridine rings is 1. The third-order valence-electron chi connectivity index (χ3n) is 4.09. The van der Waals surface area contributed by atoms with E-state index in [-0.39, 0.29) is 11.4 Å². The molecule has 0 aliphatic carbocycles. The molecule has 6 nitrogen and oxygen atoms in total. The maximum absolute atomic E-state index is 12.6. The van der Waals surface area contributed by atoms with E-state index in [2.05, 4.69) is 52.2 Å². The molecule has 3 N–H and O–H groups in total. The molecular weight excluding hydrogens is 552 g/mol. The second-order valence-corrected chi connectivity index (χ2v) is 10.2. The molecule has 156 valence electrons. The highest BCUT2D eigenvalue weighted by molar-refractivity contribution is 9.11. The fourth-order valence-corrected chi connectivity index (χ4v) is 4.50. The summed E-state index contributed by atoms with van der Waals surface area (Å²) in [6.07, 6.45) is 3.44. The van der Waals surface area contributed by atoms with Crippen LogP contribution in [0.15, 0.2) is 80.8 Å². The SMILES string of the molecule is O=S(=O)(NCc1cc(Br)ccc1Br)c1ccc(NC(=S)NCc2ccncc2)cc1. The molecule has 0 aliphatic rings. The highest BCUT2D eigenvalue weighted by Gasteiger charge is 2.14. The number of anilines is 1. The predicted octanol–water partition coefficient (Wildman–Crippen LogP) is 4.57. The summed E-state index contributed by atoms with van der Waals surface area (Å²) >= 11 is 12.1. The number of thiocarbonyl (C=S) groups is 1. The topological polar surface area (TPSA) is 83.1 Å². The Morgan fingerprint density at radius 2 is 1.67 bits per heavy atom. The van der Waals surface area contributed by atoms with Gasteiger partial charge in [0.2, 0.25) is 10.0 Å². The summed E-state index contributed by atoms with van der Waals surface area (Å²) in [7, 11) is -3.65. The molecule has 0 atom stereocenters. The van der Waals surface area contributed by atoms with Gasteiger partial charge in [-0.05, 0) is 77.9 Å². The van der Waals surface area contributed by atoms with Crippen LogP contribution in [0.3, 0.4) is 0 Å². The van der Waals surface area contributed by atoms with E-state index in [4.69, 9.17) is 12.2 Å². The van der Waals surface area contributed by atoms with Gasteiger partial charge in [-0.15, -0.1) is 0 Å². The van der Waals surface area contributed by atoms with Crippen molar-refractivity contribution in [2.24, 2.45) is 0 Å². The van der Waals surface area contributed by atoms with Crippen molar-refractivity contribution in [1.29, 1.82) is 0 Å². The summed E-state index contributed by atoms with van der Waals surface area (Å²) in [6.45, 7) is 0.737. The van der Waals surface area contributed by atoms with Crippen LogP contribution in [0.1, 0.15) is 11.1 Å². The minimum absolute atomic E-state index is 0.172. The van der Waals surface area contributed by atoms with E-state index in [9.17, 15) is 8.42 Å². The predicted molar refractivity (Wildman–Crippen MR) is 130 cm³/mol. The van der Waals surface area contributed by atoms with Gasteiger partial charge in [-0.3, -0.25) is 4.98 Å². The number of halogens is 2. The van der Waals surface area contributed by atoms with Crippen LogP contribution >= 0.6 is 44.1 Å². The van der Waals surface area contributed by atoms with E-state index in [0.29, 0.717) is 17.3 Å². The van der Waals surface area contributed by atoms with Crippen molar-refractivity contribution in [2.45, 2.75) is 18.0 Å². The van der Waals surface area contributed by atoms with E-state index in [0.717, 1.165) is 20.1 Å². The lowest BCUT2D eigenvalue weighted by Crippen LogP contribution is -2.28. The monoisotopic (exact) mass is 568 g/mol. The molecular formula is C20H18Br2N4O2S2. The van der Waals surface area contributed by atoms with Crippen molar-refractivity contribution < 1.29 is 8.42 Å². The van der Waals surface area contributed by atoms with Gasteiger partial charge in [0, 0.05) is 40.1 Å². The smallest absolute Gasteiger partial charge is 0.240 e. The summed E-state index contributed by atoms with van der Waals surface area (Å²) in [5.74, 6) is 0. The van der Waals surface area contributed by atoms with Crippen molar-refractivity contribution in [1.82, 2.24) is 15.0 Å². The molecule has 0 amide bonds. The largest absolute Gasteiger partial charge is 0.358 e. The van der Waals surface area contributed by atoms with E-state index >= 15 is 0 Å². The van der Waals surface area contributed by atoms with Crippen LogP contribution in [0.5, 0.6) is 0 Å². The molecule has 0 fully saturated rings. The molecule has 0 spiro atoms. The van der Waals surface area contributed by atoms with Crippen LogP contribution in [0, 0.1) is 0 Å². The van der Waals surface area contributed by atoms with Gasteiger partial charge >= 0.3 is 0 Å². The average molecular weight is 570 g/mol. The molecule has 2 aromatic carbocycles. The van der Waals surface area contributed by atoms with Gasteiger partial charge in [0.1, 0.15) is 0 Å². The first-order valence-electron chi connectivity index (χ1n) is 8.81. The number of sulfonamides is 1. The van der Waals surface area contributed by atoms with E-state index in [1.807, 2.05) is 30.3 Å². The van der Waals surface area contributed by atoms with Gasteiger partial charge in [0.05, 0.1) is 4.90 Å². The van der Waals surface area contributed by atoms with Crippen LogP contribution < -0.4 is 15.4 Å². The third kappa shape index (κ3) is 6.58. The number of nitrogens with zero attached hydrogens (tertiary/aromatic N) is 1. The van der Waals surface area contributed by atoms with Crippen molar-refractivity contribution >= 4 is 64.9 Å². The van der Waals surface area contributed by atoms with Gasteiger partial charge in [-0.1, -0.05) is 31.9 Å². The van der Waals surface area contributed by atoms with Crippen molar-refractivity contribution in [3.8, 4) is 0 Å². The molecule has 1 heterocycles. The Labute approximate surface area is 197 Å². The number of hydrogen-bond donors (Lipinski definition) is 3. The Morgan fingerprint density at radius 1 is 0.967 bits per heavy atom. The lowest BCUT2D eigenvalue weighted by atomic mass is 10.2. The minimum Gasteiger partial charge on any atom is -0.358 e. The van der Waals surface area contributed by atoms with Crippen LogP contribution in [0.4, 0.5) is 5.69 Å². The molecule has 3 rings (SSSR count). The fraction of sp³-hybridized carbons (Fsp3) is 0.100. The molecule has 0 saturated carbocycles. The van der Waals surface area contributed by atoms with Crippen LogP contribution in [0.25, 0.3) is 0 Å². The highest BCUT2D eigenvalue weighted by Crippen LogP contribution is 2.22. The molecule has 0 saturated heterocycles. The zero-order chi connectivity index (χ0) is 21.6. The van der Waals surface area contributed by atoms with E-state index in [1.54, 1.807) is 24.5 Å². The minimum atomic E-state index is -3.65. The summed E-state index contributed by atoms with van der Waals surface area (Å²) in [4.78, 5) is 4.15. The third-order valence-corrected chi connectivity index (χ3v) is 7.02. The van der Waals surface area contributed by atoms with Crippen LogP contribution in [0.2, 0.25) is 0 Å². The average Bonchev–Trinajstić information content (AvgIpc) is 2.74. The molecule has 3 aromatic rings. The fourth-order valence-electron chi connectivity index (χ4n) is 2.51. The van der Waals surface area contributed by atoms with Crippen LogP contribution in [-0.2, 0) is 23.1 Å². The van der Waals surface area contributed by atoms with Gasteiger partial charge in [0.15, 0.2) is 5.11 Å². The maximum atomic E-state index is 12.6. The van der Waals surface area contributed by atoms with Crippen molar-refractivity contribution in [3.05, 3.63) is 87.1 Å². The summed E-state index contributed by atoms with van der Waals surface area (Å²) in [5, 5.41) is 6.58. The Bertz CT molecular complexity index is 1130. The number of hydrogen-bond acceptors (Lipinski definition) is 4. The van der Waals surface area contributed by atoms with Gasteiger partial charge < -0.3 is 10.6 Å². The summed E-state index contributed by atoms with van der Waals surface area (Å²) in [6, 6.07) is 15.8.